The molecule has 7 rings (SSSR count). The molecule has 11 heteroatoms. The third-order valence-corrected chi connectivity index (χ3v) is 8.81. The molecule has 2 aliphatic carbocycles. The Bertz CT molecular complexity index is 1670. The predicted octanol–water partition coefficient (Wildman–Crippen LogP) is 5.17. The minimum Gasteiger partial charge on any atom is -0.492 e. The van der Waals surface area contributed by atoms with Crippen LogP contribution < -0.4 is 15.4 Å². The number of aliphatic imine (C=N–C) groups is 1. The molecule has 42 heavy (non-hydrogen) atoms. The zero-order valence-electron chi connectivity index (χ0n) is 23.2. The summed E-state index contributed by atoms with van der Waals surface area (Å²) in [5.41, 5.74) is 4.66. The van der Waals surface area contributed by atoms with Crippen LogP contribution in [0.1, 0.15) is 78.7 Å². The number of halogens is 2. The normalized spacial score (nSPS) is 21.0. The van der Waals surface area contributed by atoms with Crippen molar-refractivity contribution in [2.75, 3.05) is 18.5 Å². The van der Waals surface area contributed by atoms with E-state index in [9.17, 15) is 14.0 Å². The number of carbonyl (C=O) groups is 2. The zero-order valence-corrected chi connectivity index (χ0v) is 23.2. The highest BCUT2D eigenvalue weighted by Gasteiger charge is 2.59. The van der Waals surface area contributed by atoms with Gasteiger partial charge in [-0.2, -0.15) is 0 Å². The van der Waals surface area contributed by atoms with Gasteiger partial charge < -0.3 is 15.4 Å². The number of fused-ring (bicyclic) bond motifs is 1. The van der Waals surface area contributed by atoms with Crippen LogP contribution in [0.25, 0.3) is 5.57 Å². The first-order valence-electron chi connectivity index (χ1n) is 14.1. The third kappa shape index (κ3) is 4.56. The number of hydrogen-bond acceptors (Lipinski definition) is 7. The zero-order chi connectivity index (χ0) is 29.2. The van der Waals surface area contributed by atoms with Gasteiger partial charge in [0.25, 0.3) is 5.91 Å². The summed E-state index contributed by atoms with van der Waals surface area (Å²) in [6, 6.07) is 8.06. The highest BCUT2D eigenvalue weighted by Crippen LogP contribution is 2.61. The predicted molar refractivity (Wildman–Crippen MR) is 149 cm³/mol. The molecule has 0 saturated heterocycles. The SMILES string of the molecule is CC1=NCC(C)=C1c1ccc(NC(=O)[C@@H](NC(=O)c2nonc2C2CC2)C2c3c(F)cc(F)cc3OCC23CC3)cc1. The summed E-state index contributed by atoms with van der Waals surface area (Å²) >= 11 is 0. The summed E-state index contributed by atoms with van der Waals surface area (Å²) in [6.07, 6.45) is 3.06. The number of allylic oxidation sites excluding steroid dienone is 1. The smallest absolute Gasteiger partial charge is 0.276 e. The molecule has 2 atom stereocenters. The molecule has 3 heterocycles. The number of carbonyl (C=O) groups excluding carboxylic acids is 2. The summed E-state index contributed by atoms with van der Waals surface area (Å²) < 4.78 is 40.2. The van der Waals surface area contributed by atoms with Crippen molar-refractivity contribution in [2.24, 2.45) is 10.4 Å². The first kappa shape index (κ1) is 26.5. The average Bonchev–Trinajstić information content (AvgIpc) is 3.88. The topological polar surface area (TPSA) is 119 Å². The van der Waals surface area contributed by atoms with Gasteiger partial charge >= 0.3 is 0 Å². The van der Waals surface area contributed by atoms with Crippen molar-refractivity contribution in [1.82, 2.24) is 15.6 Å². The number of ether oxygens (including phenoxy) is 1. The van der Waals surface area contributed by atoms with E-state index in [0.29, 0.717) is 30.8 Å². The maximum absolute atomic E-state index is 15.4. The Hall–Kier alpha value is -4.41. The van der Waals surface area contributed by atoms with Crippen LogP contribution in [0.4, 0.5) is 14.5 Å². The molecule has 216 valence electrons. The molecule has 2 aromatic carbocycles. The van der Waals surface area contributed by atoms with Crippen molar-refractivity contribution >= 4 is 28.8 Å². The van der Waals surface area contributed by atoms with Crippen molar-refractivity contribution in [1.29, 1.82) is 0 Å². The van der Waals surface area contributed by atoms with E-state index in [4.69, 9.17) is 9.37 Å². The number of rotatable bonds is 7. The molecule has 2 saturated carbocycles. The maximum atomic E-state index is 15.4. The number of anilines is 1. The fraction of sp³-hybridized carbons (Fsp3) is 0.387. The largest absolute Gasteiger partial charge is 0.492 e. The second-order valence-electron chi connectivity index (χ2n) is 11.8. The van der Waals surface area contributed by atoms with Crippen molar-refractivity contribution in [3.8, 4) is 5.75 Å². The number of nitrogens with zero attached hydrogens (tertiary/aromatic N) is 3. The lowest BCUT2D eigenvalue weighted by Crippen LogP contribution is -2.52. The minimum atomic E-state index is -1.22. The van der Waals surface area contributed by atoms with Crippen LogP contribution in [0.3, 0.4) is 0 Å². The summed E-state index contributed by atoms with van der Waals surface area (Å²) in [5.74, 6) is -3.48. The van der Waals surface area contributed by atoms with Crippen LogP contribution in [0, 0.1) is 17.0 Å². The van der Waals surface area contributed by atoms with Gasteiger partial charge in [-0.3, -0.25) is 14.6 Å². The van der Waals surface area contributed by atoms with Gasteiger partial charge in [0.1, 0.15) is 29.1 Å². The Kier molecular flexibility index (Phi) is 6.21. The van der Waals surface area contributed by atoms with E-state index in [1.807, 2.05) is 26.0 Å². The lowest BCUT2D eigenvalue weighted by Gasteiger charge is -2.38. The highest BCUT2D eigenvalue weighted by molar-refractivity contribution is 6.25. The fourth-order valence-electron chi connectivity index (χ4n) is 6.32. The van der Waals surface area contributed by atoms with Gasteiger partial charge in [0.15, 0.2) is 5.69 Å². The van der Waals surface area contributed by atoms with Gasteiger partial charge in [-0.1, -0.05) is 17.3 Å². The average molecular weight is 574 g/mol. The third-order valence-electron chi connectivity index (χ3n) is 8.81. The molecule has 2 fully saturated rings. The molecule has 3 aromatic rings. The van der Waals surface area contributed by atoms with Crippen LogP contribution in [0.15, 0.2) is 51.6 Å². The Morgan fingerprint density at radius 2 is 1.83 bits per heavy atom. The molecule has 0 bridgehead atoms. The van der Waals surface area contributed by atoms with Crippen molar-refractivity contribution in [3.05, 3.63) is 76.1 Å². The molecule has 4 aliphatic rings. The number of amides is 2. The number of aromatic nitrogens is 2. The van der Waals surface area contributed by atoms with E-state index in [0.717, 1.165) is 41.8 Å². The molecule has 2 amide bonds. The molecular formula is C31H29F2N5O4. The Balaban J connectivity index is 1.23. The molecular weight excluding hydrogens is 544 g/mol. The first-order chi connectivity index (χ1) is 20.2. The molecule has 1 aromatic heterocycles. The van der Waals surface area contributed by atoms with Crippen LogP contribution in [-0.2, 0) is 4.79 Å². The van der Waals surface area contributed by atoms with Crippen LogP contribution in [0.2, 0.25) is 0 Å². The molecule has 0 radical (unpaired) electrons. The van der Waals surface area contributed by atoms with Gasteiger partial charge in [-0.25, -0.2) is 13.4 Å². The van der Waals surface area contributed by atoms with Crippen molar-refractivity contribution in [3.63, 3.8) is 0 Å². The number of benzene rings is 2. The van der Waals surface area contributed by atoms with Crippen LogP contribution in [-0.4, -0.2) is 47.0 Å². The standard InChI is InChI=1S/C31H29F2N5O4/c1-15-13-34-16(2)23(15)17-5-7-20(8-6-17)35-29(39)27(36-30(40)28-26(18-3-4-18)37-42-38-28)25-24-21(33)11-19(32)12-22(24)41-14-31(25)9-10-31/h5-8,11-12,18,25,27H,3-4,9-10,13-14H2,1-2H3,(H,35,39)(H,36,40)/t25?,27-/m0/s1. The van der Waals surface area contributed by atoms with Crippen LogP contribution >= 0.6 is 0 Å². The molecule has 2 N–H and O–H groups in total. The second kappa shape index (κ2) is 9.85. The highest BCUT2D eigenvalue weighted by atomic mass is 19.1. The minimum absolute atomic E-state index is 0.00797. The Labute approximate surface area is 240 Å². The number of nitrogens with one attached hydrogen (secondary N) is 2. The molecule has 1 spiro atoms. The summed E-state index contributed by atoms with van der Waals surface area (Å²) in [5, 5.41) is 13.5. The van der Waals surface area contributed by atoms with E-state index in [1.165, 1.54) is 5.57 Å². The maximum Gasteiger partial charge on any atom is 0.276 e. The monoisotopic (exact) mass is 573 g/mol. The van der Waals surface area contributed by atoms with E-state index in [-0.39, 0.29) is 29.5 Å². The van der Waals surface area contributed by atoms with Crippen molar-refractivity contribution in [2.45, 2.75) is 57.4 Å². The summed E-state index contributed by atoms with van der Waals surface area (Å²) in [4.78, 5) is 32.1. The van der Waals surface area contributed by atoms with Gasteiger partial charge in [-0.05, 0) is 68.0 Å². The second-order valence-corrected chi connectivity index (χ2v) is 11.8. The number of hydrogen-bond donors (Lipinski definition) is 2. The quantitative estimate of drug-likeness (QED) is 0.403. The van der Waals surface area contributed by atoms with Crippen molar-refractivity contribution < 1.29 is 27.7 Å². The van der Waals surface area contributed by atoms with Gasteiger partial charge in [-0.15, -0.1) is 0 Å². The van der Waals surface area contributed by atoms with Gasteiger partial charge in [0, 0.05) is 51.9 Å². The van der Waals surface area contributed by atoms with E-state index < -0.39 is 40.8 Å². The van der Waals surface area contributed by atoms with Gasteiger partial charge in [0.2, 0.25) is 5.91 Å². The van der Waals surface area contributed by atoms with E-state index in [2.05, 4.69) is 25.9 Å². The van der Waals surface area contributed by atoms with Crippen LogP contribution in [0.5, 0.6) is 5.75 Å². The Morgan fingerprint density at radius 1 is 1.07 bits per heavy atom. The fourth-order valence-corrected chi connectivity index (χ4v) is 6.32. The molecule has 9 nitrogen and oxygen atoms in total. The lowest BCUT2D eigenvalue weighted by atomic mass is 9.75. The Morgan fingerprint density at radius 3 is 2.50 bits per heavy atom. The van der Waals surface area contributed by atoms with E-state index in [1.54, 1.807) is 12.1 Å². The molecule has 2 aliphatic heterocycles. The molecule has 1 unspecified atom stereocenters. The van der Waals surface area contributed by atoms with Gasteiger partial charge in [0.05, 0.1) is 13.2 Å². The lowest BCUT2D eigenvalue weighted by molar-refractivity contribution is -0.119. The summed E-state index contributed by atoms with van der Waals surface area (Å²) in [6.45, 7) is 4.86. The first-order valence-corrected chi connectivity index (χ1v) is 14.1. The summed E-state index contributed by atoms with van der Waals surface area (Å²) in [7, 11) is 0. The van der Waals surface area contributed by atoms with E-state index >= 15 is 4.39 Å².